The van der Waals surface area contributed by atoms with Crippen LogP contribution < -0.4 is 4.74 Å². The third-order valence-electron chi connectivity index (χ3n) is 1.99. The predicted molar refractivity (Wildman–Crippen MR) is 53.1 cm³/mol. The average Bonchev–Trinajstić information content (AvgIpc) is 2.43. The first-order chi connectivity index (χ1) is 6.15. The van der Waals surface area contributed by atoms with Gasteiger partial charge in [-0.2, -0.15) is 0 Å². The summed E-state index contributed by atoms with van der Waals surface area (Å²) in [7, 11) is -1.14. The quantitative estimate of drug-likeness (QED) is 0.729. The van der Waals surface area contributed by atoms with Crippen molar-refractivity contribution in [2.75, 3.05) is 7.11 Å². The Morgan fingerprint density at radius 2 is 2.08 bits per heavy atom. The Morgan fingerprint density at radius 3 is 2.77 bits per heavy atom. The standard InChI is InChI=1S/C9H10O3S/c1-12-8-3-2-4-9-7(8)5-6-13(9,10)11/h2-6,10-11H,1H3. The molecule has 1 aromatic carbocycles. The summed E-state index contributed by atoms with van der Waals surface area (Å²) < 4.78 is 24.2. The maximum Gasteiger partial charge on any atom is 0.128 e. The Balaban J connectivity index is 2.62. The van der Waals surface area contributed by atoms with E-state index >= 15 is 0 Å². The van der Waals surface area contributed by atoms with E-state index in [0.717, 1.165) is 5.56 Å². The van der Waals surface area contributed by atoms with E-state index < -0.39 is 10.6 Å². The number of methoxy groups -OCH3 is 1. The molecule has 0 amide bonds. The van der Waals surface area contributed by atoms with Gasteiger partial charge in [0.15, 0.2) is 0 Å². The summed E-state index contributed by atoms with van der Waals surface area (Å²) in [5.41, 5.74) is 0.769. The van der Waals surface area contributed by atoms with Crippen LogP contribution in [-0.4, -0.2) is 16.2 Å². The summed E-state index contributed by atoms with van der Waals surface area (Å²) in [6.45, 7) is 0. The number of fused-ring (bicyclic) bond motifs is 1. The van der Waals surface area contributed by atoms with Crippen LogP contribution in [0.1, 0.15) is 5.56 Å². The van der Waals surface area contributed by atoms with Gasteiger partial charge < -0.3 is 4.74 Å². The van der Waals surface area contributed by atoms with Gasteiger partial charge in [-0.05, 0) is 18.2 Å². The molecule has 1 aliphatic rings. The van der Waals surface area contributed by atoms with Crippen molar-refractivity contribution in [2.24, 2.45) is 0 Å². The molecule has 0 aromatic heterocycles. The van der Waals surface area contributed by atoms with Crippen LogP contribution in [0.4, 0.5) is 0 Å². The number of benzene rings is 1. The number of hydrogen-bond acceptors (Lipinski definition) is 3. The van der Waals surface area contributed by atoms with Crippen LogP contribution in [0.25, 0.3) is 6.08 Å². The molecule has 3 nitrogen and oxygen atoms in total. The van der Waals surface area contributed by atoms with Crippen molar-refractivity contribution in [3.8, 4) is 5.75 Å². The highest BCUT2D eigenvalue weighted by Gasteiger charge is 2.23. The van der Waals surface area contributed by atoms with Crippen molar-refractivity contribution in [1.29, 1.82) is 0 Å². The van der Waals surface area contributed by atoms with Crippen LogP contribution in [0.15, 0.2) is 28.5 Å². The zero-order valence-electron chi connectivity index (χ0n) is 7.10. The molecule has 1 heterocycles. The van der Waals surface area contributed by atoms with Gasteiger partial charge in [0, 0.05) is 11.0 Å². The van der Waals surface area contributed by atoms with E-state index in [1.165, 1.54) is 5.41 Å². The van der Waals surface area contributed by atoms with Gasteiger partial charge in [-0.15, -0.1) is 10.6 Å². The van der Waals surface area contributed by atoms with Crippen molar-refractivity contribution in [1.82, 2.24) is 0 Å². The van der Waals surface area contributed by atoms with Crippen molar-refractivity contribution in [3.05, 3.63) is 29.2 Å². The Labute approximate surface area is 78.0 Å². The van der Waals surface area contributed by atoms with Gasteiger partial charge in [0.1, 0.15) is 5.75 Å². The Morgan fingerprint density at radius 1 is 1.31 bits per heavy atom. The number of ether oxygens (including phenoxy) is 1. The molecule has 0 unspecified atom stereocenters. The molecule has 0 saturated heterocycles. The lowest BCUT2D eigenvalue weighted by atomic mass is 10.2. The molecule has 0 radical (unpaired) electrons. The summed E-state index contributed by atoms with van der Waals surface area (Å²) in [4.78, 5) is 0.548. The van der Waals surface area contributed by atoms with E-state index in [-0.39, 0.29) is 0 Å². The van der Waals surface area contributed by atoms with E-state index in [4.69, 9.17) is 4.74 Å². The van der Waals surface area contributed by atoms with E-state index in [1.807, 2.05) is 0 Å². The van der Waals surface area contributed by atoms with E-state index in [9.17, 15) is 9.11 Å². The molecule has 0 aliphatic carbocycles. The highest BCUT2D eigenvalue weighted by atomic mass is 32.3. The summed E-state index contributed by atoms with van der Waals surface area (Å²) in [5, 5.41) is 1.42. The molecular weight excluding hydrogens is 188 g/mol. The molecule has 0 bridgehead atoms. The van der Waals surface area contributed by atoms with E-state index in [1.54, 1.807) is 31.4 Å². The fourth-order valence-corrected chi connectivity index (χ4v) is 2.61. The van der Waals surface area contributed by atoms with E-state index in [2.05, 4.69) is 0 Å². The highest BCUT2D eigenvalue weighted by Crippen LogP contribution is 2.57. The first-order valence-electron chi connectivity index (χ1n) is 3.78. The fraction of sp³-hybridized carbons (Fsp3) is 0.111. The van der Waals surface area contributed by atoms with Crippen molar-refractivity contribution in [2.45, 2.75) is 4.90 Å². The van der Waals surface area contributed by atoms with Gasteiger partial charge in [-0.3, -0.25) is 9.11 Å². The second-order valence-electron chi connectivity index (χ2n) is 2.77. The molecular formula is C9H10O3S. The van der Waals surface area contributed by atoms with Crippen LogP contribution in [-0.2, 0) is 0 Å². The van der Waals surface area contributed by atoms with Gasteiger partial charge in [-0.1, -0.05) is 6.07 Å². The first-order valence-corrected chi connectivity index (χ1v) is 5.39. The zero-order valence-corrected chi connectivity index (χ0v) is 7.91. The van der Waals surface area contributed by atoms with Gasteiger partial charge >= 0.3 is 0 Å². The zero-order chi connectivity index (χ0) is 9.47. The summed E-state index contributed by atoms with van der Waals surface area (Å²) in [6, 6.07) is 5.25. The topological polar surface area (TPSA) is 49.7 Å². The predicted octanol–water partition coefficient (Wildman–Crippen LogP) is 2.79. The molecule has 1 aromatic rings. The molecule has 0 fully saturated rings. The average molecular weight is 198 g/mol. The lowest BCUT2D eigenvalue weighted by Gasteiger charge is -2.25. The third kappa shape index (κ3) is 1.23. The van der Waals surface area contributed by atoms with Crippen LogP contribution in [0.2, 0.25) is 0 Å². The minimum Gasteiger partial charge on any atom is -0.496 e. The molecule has 0 saturated carbocycles. The molecule has 13 heavy (non-hydrogen) atoms. The summed E-state index contributed by atoms with van der Waals surface area (Å²) in [6.07, 6.45) is 1.68. The lowest BCUT2D eigenvalue weighted by molar-refractivity contribution is 0.412. The van der Waals surface area contributed by atoms with Crippen molar-refractivity contribution in [3.63, 3.8) is 0 Å². The molecule has 2 rings (SSSR count). The minimum atomic E-state index is -2.70. The fourth-order valence-electron chi connectivity index (χ4n) is 1.36. The number of rotatable bonds is 1. The normalized spacial score (nSPS) is 19.6. The lowest BCUT2D eigenvalue weighted by Crippen LogP contribution is -1.93. The Hall–Kier alpha value is -0.970. The largest absolute Gasteiger partial charge is 0.496 e. The summed E-state index contributed by atoms with van der Waals surface area (Å²) >= 11 is 0. The van der Waals surface area contributed by atoms with E-state index in [0.29, 0.717) is 10.6 Å². The molecule has 2 N–H and O–H groups in total. The molecule has 0 spiro atoms. The Bertz CT molecular complexity index is 371. The smallest absolute Gasteiger partial charge is 0.128 e. The van der Waals surface area contributed by atoms with Gasteiger partial charge in [-0.25, -0.2) is 0 Å². The third-order valence-corrected chi connectivity index (χ3v) is 3.51. The summed E-state index contributed by atoms with van der Waals surface area (Å²) in [5.74, 6) is 0.672. The van der Waals surface area contributed by atoms with Crippen molar-refractivity contribution < 1.29 is 13.8 Å². The van der Waals surface area contributed by atoms with Crippen LogP contribution in [0, 0.1) is 0 Å². The van der Waals surface area contributed by atoms with Crippen molar-refractivity contribution >= 4 is 16.7 Å². The maximum atomic E-state index is 9.56. The highest BCUT2D eigenvalue weighted by molar-refractivity contribution is 8.27. The Kier molecular flexibility index (Phi) is 1.83. The second kappa shape index (κ2) is 2.77. The second-order valence-corrected chi connectivity index (χ2v) is 4.67. The van der Waals surface area contributed by atoms with Crippen LogP contribution >= 0.6 is 10.6 Å². The minimum absolute atomic E-state index is 0.548. The van der Waals surface area contributed by atoms with Gasteiger partial charge in [0.25, 0.3) is 0 Å². The molecule has 4 heteroatoms. The van der Waals surface area contributed by atoms with Gasteiger partial charge in [0.05, 0.1) is 12.0 Å². The molecule has 1 aliphatic heterocycles. The molecule has 70 valence electrons. The maximum absolute atomic E-state index is 9.56. The SMILES string of the molecule is COc1cccc2c1C=CS2(O)O. The van der Waals surface area contributed by atoms with Gasteiger partial charge in [0.2, 0.25) is 0 Å². The number of hydrogen-bond donors (Lipinski definition) is 2. The molecule has 0 atom stereocenters. The van der Waals surface area contributed by atoms with Crippen LogP contribution in [0.3, 0.4) is 0 Å². The van der Waals surface area contributed by atoms with Crippen LogP contribution in [0.5, 0.6) is 5.75 Å². The monoisotopic (exact) mass is 198 g/mol. The first kappa shape index (κ1) is 8.62.